The molecule has 3 aromatic rings. The summed E-state index contributed by atoms with van der Waals surface area (Å²) in [6.07, 6.45) is 1.78. The molecule has 5 N–H and O–H groups in total. The van der Waals surface area contributed by atoms with Gasteiger partial charge in [0, 0.05) is 37.1 Å². The molecule has 2 aromatic heterocycles. The zero-order valence-electron chi connectivity index (χ0n) is 15.9. The second kappa shape index (κ2) is 9.69. The van der Waals surface area contributed by atoms with Crippen LogP contribution in [0.2, 0.25) is 0 Å². The number of rotatable bonds is 3. The number of carbonyl (C=O) groups excluding carboxylic acids is 1. The van der Waals surface area contributed by atoms with Gasteiger partial charge in [0.05, 0.1) is 10.6 Å². The van der Waals surface area contributed by atoms with Crippen molar-refractivity contribution < 1.29 is 15.0 Å². The Kier molecular flexibility index (Phi) is 7.55. The summed E-state index contributed by atoms with van der Waals surface area (Å²) in [5, 5.41) is 21.9. The van der Waals surface area contributed by atoms with Crippen molar-refractivity contribution in [2.24, 2.45) is 0 Å². The van der Waals surface area contributed by atoms with Crippen molar-refractivity contribution in [3.63, 3.8) is 0 Å². The van der Waals surface area contributed by atoms with E-state index in [0.29, 0.717) is 17.1 Å². The maximum atomic E-state index is 10.9. The van der Waals surface area contributed by atoms with Crippen LogP contribution in [0, 0.1) is 0 Å². The standard InChI is InChI=1S/C12H13N3OS.C8H11NO2.CH4/c1-15-3-2-9-7(5-15)4-8-11(13)10(6-16)17-12(8)14-9;1-9-5-6-2-3-7(10)8(11)4-6;/h4,6H,2-3,5,13H2,1H3;2-4,9-11H,5H2,1H3;1H4. The fourth-order valence-corrected chi connectivity index (χ4v) is 4.04. The molecule has 0 bridgehead atoms. The number of phenolic OH excluding ortho intramolecular Hbond substituents is 2. The first-order valence-electron chi connectivity index (χ1n) is 8.92. The van der Waals surface area contributed by atoms with Crippen LogP contribution in [0.25, 0.3) is 10.2 Å². The zero-order valence-corrected chi connectivity index (χ0v) is 16.7. The van der Waals surface area contributed by atoms with Gasteiger partial charge in [0.15, 0.2) is 17.8 Å². The number of anilines is 1. The number of fused-ring (bicyclic) bond motifs is 2. The smallest absolute Gasteiger partial charge is 0.162 e. The van der Waals surface area contributed by atoms with E-state index in [2.05, 4.69) is 28.3 Å². The largest absolute Gasteiger partial charge is 0.504 e. The van der Waals surface area contributed by atoms with Gasteiger partial charge in [-0.2, -0.15) is 0 Å². The highest BCUT2D eigenvalue weighted by Crippen LogP contribution is 2.33. The van der Waals surface area contributed by atoms with Crippen LogP contribution in [0.5, 0.6) is 11.5 Å². The molecule has 0 amide bonds. The van der Waals surface area contributed by atoms with E-state index in [4.69, 9.17) is 15.9 Å². The van der Waals surface area contributed by atoms with Gasteiger partial charge < -0.3 is 26.2 Å². The Hall–Kier alpha value is -2.68. The second-order valence-corrected chi connectivity index (χ2v) is 7.82. The number of pyridine rings is 1. The second-order valence-electron chi connectivity index (χ2n) is 6.79. The molecule has 0 saturated heterocycles. The number of carbonyl (C=O) groups is 1. The number of hydrogen-bond donors (Lipinski definition) is 4. The molecule has 0 atom stereocenters. The van der Waals surface area contributed by atoms with Crippen molar-refractivity contribution in [3.05, 3.63) is 46.0 Å². The lowest BCUT2D eigenvalue weighted by Crippen LogP contribution is -2.27. The number of phenols is 2. The number of likely N-dealkylation sites (N-methyl/N-ethyl adjacent to an activating group) is 1. The molecule has 0 aliphatic carbocycles. The topological polar surface area (TPSA) is 112 Å². The molecular weight excluding hydrogens is 388 g/mol. The first-order chi connectivity index (χ1) is 13.4. The molecule has 4 rings (SSSR count). The van der Waals surface area contributed by atoms with Crippen LogP contribution < -0.4 is 11.1 Å². The van der Waals surface area contributed by atoms with Crippen LogP contribution in [0.1, 0.15) is 33.9 Å². The molecule has 7 nitrogen and oxygen atoms in total. The van der Waals surface area contributed by atoms with Gasteiger partial charge >= 0.3 is 0 Å². The SMILES string of the molecule is C.CN1CCc2nc3sc(C=O)c(N)c3cc2C1.CNCc1ccc(O)c(O)c1. The maximum absolute atomic E-state index is 10.9. The molecule has 3 heterocycles. The fraction of sp³-hybridized carbons (Fsp3) is 0.333. The van der Waals surface area contributed by atoms with Gasteiger partial charge in [-0.3, -0.25) is 4.79 Å². The van der Waals surface area contributed by atoms with Crippen LogP contribution in [-0.4, -0.2) is 47.0 Å². The fourth-order valence-electron chi connectivity index (χ4n) is 3.13. The van der Waals surface area contributed by atoms with E-state index >= 15 is 0 Å². The number of hydrogen-bond acceptors (Lipinski definition) is 8. The van der Waals surface area contributed by atoms with Gasteiger partial charge in [0.25, 0.3) is 0 Å². The summed E-state index contributed by atoms with van der Waals surface area (Å²) in [6.45, 7) is 2.63. The Labute approximate surface area is 174 Å². The highest BCUT2D eigenvalue weighted by Gasteiger charge is 2.18. The number of aldehydes is 1. The van der Waals surface area contributed by atoms with Crippen LogP contribution in [-0.2, 0) is 19.5 Å². The Morgan fingerprint density at radius 3 is 2.72 bits per heavy atom. The lowest BCUT2D eigenvalue weighted by molar-refractivity contribution is 0.112. The zero-order chi connectivity index (χ0) is 20.3. The van der Waals surface area contributed by atoms with Crippen molar-refractivity contribution >= 4 is 33.5 Å². The molecule has 0 radical (unpaired) electrons. The summed E-state index contributed by atoms with van der Waals surface area (Å²) >= 11 is 1.38. The number of aromatic hydroxyl groups is 2. The summed E-state index contributed by atoms with van der Waals surface area (Å²) in [6, 6.07) is 6.85. The highest BCUT2D eigenvalue weighted by atomic mass is 32.1. The van der Waals surface area contributed by atoms with Gasteiger partial charge in [0.2, 0.25) is 0 Å². The first kappa shape index (κ1) is 22.6. The Morgan fingerprint density at radius 2 is 2.07 bits per heavy atom. The van der Waals surface area contributed by atoms with Crippen LogP contribution >= 0.6 is 11.3 Å². The van der Waals surface area contributed by atoms with Crippen molar-refractivity contribution in [2.45, 2.75) is 26.9 Å². The molecule has 156 valence electrons. The summed E-state index contributed by atoms with van der Waals surface area (Å²) in [7, 11) is 3.92. The molecule has 8 heteroatoms. The van der Waals surface area contributed by atoms with Crippen LogP contribution in [0.3, 0.4) is 0 Å². The number of nitrogen functional groups attached to an aromatic ring is 1. The summed E-state index contributed by atoms with van der Waals surface area (Å²) in [5.41, 5.74) is 9.84. The Bertz CT molecular complexity index is 1000. The van der Waals surface area contributed by atoms with E-state index in [-0.39, 0.29) is 18.9 Å². The van der Waals surface area contributed by atoms with Gasteiger partial charge in [-0.25, -0.2) is 4.98 Å². The van der Waals surface area contributed by atoms with E-state index in [0.717, 1.165) is 47.3 Å². The molecule has 0 saturated carbocycles. The highest BCUT2D eigenvalue weighted by molar-refractivity contribution is 7.20. The average Bonchev–Trinajstić information content (AvgIpc) is 2.99. The summed E-state index contributed by atoms with van der Waals surface area (Å²) in [4.78, 5) is 19.2. The molecule has 1 aliphatic heterocycles. The Morgan fingerprint density at radius 1 is 1.31 bits per heavy atom. The summed E-state index contributed by atoms with van der Waals surface area (Å²) in [5.74, 6) is -0.150. The van der Waals surface area contributed by atoms with Crippen LogP contribution in [0.15, 0.2) is 24.3 Å². The number of nitrogens with zero attached hydrogens (tertiary/aromatic N) is 2. The third-order valence-corrected chi connectivity index (χ3v) is 5.66. The van der Waals surface area contributed by atoms with E-state index in [1.54, 1.807) is 6.07 Å². The third kappa shape index (κ3) is 5.03. The number of thiophene rings is 1. The number of nitrogens with two attached hydrogens (primary N) is 1. The predicted molar refractivity (Wildman–Crippen MR) is 119 cm³/mol. The van der Waals surface area contributed by atoms with E-state index in [9.17, 15) is 4.79 Å². The molecule has 1 aliphatic rings. The minimum Gasteiger partial charge on any atom is -0.504 e. The molecule has 0 unspecified atom stereocenters. The van der Waals surface area contributed by atoms with Crippen molar-refractivity contribution in [3.8, 4) is 11.5 Å². The van der Waals surface area contributed by atoms with E-state index in [1.807, 2.05) is 7.05 Å². The molecule has 0 fully saturated rings. The van der Waals surface area contributed by atoms with E-state index < -0.39 is 0 Å². The Balaban J connectivity index is 0.000000219. The maximum Gasteiger partial charge on any atom is 0.162 e. The lowest BCUT2D eigenvalue weighted by Gasteiger charge is -2.24. The predicted octanol–water partition coefficient (Wildman–Crippen LogP) is 3.13. The van der Waals surface area contributed by atoms with Crippen molar-refractivity contribution in [1.82, 2.24) is 15.2 Å². The quantitative estimate of drug-likeness (QED) is 0.383. The molecule has 1 aromatic carbocycles. The molecule has 29 heavy (non-hydrogen) atoms. The van der Waals surface area contributed by atoms with Gasteiger partial charge in [0.1, 0.15) is 4.83 Å². The monoisotopic (exact) mass is 416 g/mol. The minimum atomic E-state index is -0.0788. The van der Waals surface area contributed by atoms with Crippen molar-refractivity contribution in [2.75, 3.05) is 26.4 Å². The van der Waals surface area contributed by atoms with Gasteiger partial charge in [-0.15, -0.1) is 11.3 Å². The lowest BCUT2D eigenvalue weighted by atomic mass is 10.0. The normalized spacial score (nSPS) is 13.2. The van der Waals surface area contributed by atoms with Gasteiger partial charge in [-0.1, -0.05) is 13.5 Å². The van der Waals surface area contributed by atoms with Crippen LogP contribution in [0.4, 0.5) is 5.69 Å². The minimum absolute atomic E-state index is 0. The number of aromatic nitrogens is 1. The third-order valence-electron chi connectivity index (χ3n) is 4.62. The number of nitrogens with one attached hydrogen (secondary N) is 1. The van der Waals surface area contributed by atoms with E-state index in [1.165, 1.54) is 29.0 Å². The number of benzene rings is 1. The molecular formula is C21H28N4O3S. The molecule has 0 spiro atoms. The van der Waals surface area contributed by atoms with Gasteiger partial charge in [-0.05, 0) is 43.4 Å². The average molecular weight is 417 g/mol. The van der Waals surface area contributed by atoms with Crippen molar-refractivity contribution in [1.29, 1.82) is 0 Å². The first-order valence-corrected chi connectivity index (χ1v) is 9.74. The summed E-state index contributed by atoms with van der Waals surface area (Å²) < 4.78 is 0.